The van der Waals surface area contributed by atoms with Crippen LogP contribution >= 0.6 is 11.5 Å². The Balaban J connectivity index is 1.90. The number of tetrazole rings is 1. The minimum absolute atomic E-state index is 0.280. The Bertz CT molecular complexity index is 590. The molecule has 1 saturated carbocycles. The average molecular weight is 294 g/mol. The first-order valence-electron chi connectivity index (χ1n) is 6.48. The van der Waals surface area contributed by atoms with E-state index in [1.54, 1.807) is 5.38 Å². The number of nitrogens with zero attached hydrogens (tertiary/aromatic N) is 6. The van der Waals surface area contributed by atoms with Crippen LogP contribution < -0.4 is 0 Å². The van der Waals surface area contributed by atoms with Crippen LogP contribution in [0.4, 0.5) is 0 Å². The summed E-state index contributed by atoms with van der Waals surface area (Å²) in [4.78, 5) is 11.7. The van der Waals surface area contributed by atoms with E-state index >= 15 is 0 Å². The Labute approximate surface area is 119 Å². The SMILES string of the molecule is O=C(O)C1(Cn2nnnc2-c2csnn2)CCCCC1. The first-order valence-corrected chi connectivity index (χ1v) is 7.32. The molecule has 0 radical (unpaired) electrons. The van der Waals surface area contributed by atoms with Gasteiger partial charge in [-0.05, 0) is 34.8 Å². The van der Waals surface area contributed by atoms with E-state index in [0.717, 1.165) is 19.3 Å². The van der Waals surface area contributed by atoms with Gasteiger partial charge in [-0.1, -0.05) is 23.8 Å². The number of hydrogen-bond donors (Lipinski definition) is 1. The Morgan fingerprint density at radius 2 is 2.15 bits per heavy atom. The summed E-state index contributed by atoms with van der Waals surface area (Å²) >= 11 is 1.21. The molecule has 9 heteroatoms. The third-order valence-electron chi connectivity index (χ3n) is 3.84. The normalized spacial score (nSPS) is 18.0. The summed E-state index contributed by atoms with van der Waals surface area (Å²) in [7, 11) is 0. The van der Waals surface area contributed by atoms with Gasteiger partial charge in [0.1, 0.15) is 5.69 Å². The van der Waals surface area contributed by atoms with Gasteiger partial charge < -0.3 is 5.11 Å². The molecular formula is C11H14N6O2S. The summed E-state index contributed by atoms with van der Waals surface area (Å²) in [5.74, 6) is -0.292. The van der Waals surface area contributed by atoms with Crippen LogP contribution in [0.1, 0.15) is 32.1 Å². The van der Waals surface area contributed by atoms with Gasteiger partial charge in [0.15, 0.2) is 0 Å². The molecule has 1 N–H and O–H groups in total. The molecule has 3 rings (SSSR count). The fraction of sp³-hybridized carbons (Fsp3) is 0.636. The van der Waals surface area contributed by atoms with Crippen molar-refractivity contribution in [2.24, 2.45) is 5.41 Å². The zero-order chi connectivity index (χ0) is 14.0. The van der Waals surface area contributed by atoms with Gasteiger partial charge in [0.25, 0.3) is 0 Å². The van der Waals surface area contributed by atoms with Gasteiger partial charge in [-0.25, -0.2) is 4.68 Å². The number of hydrogen-bond acceptors (Lipinski definition) is 7. The highest BCUT2D eigenvalue weighted by Crippen LogP contribution is 2.38. The molecule has 0 aliphatic heterocycles. The first kappa shape index (κ1) is 13.1. The maximum absolute atomic E-state index is 11.7. The van der Waals surface area contributed by atoms with Crippen LogP contribution in [0.25, 0.3) is 11.5 Å². The molecule has 0 aromatic carbocycles. The summed E-state index contributed by atoms with van der Waals surface area (Å²) in [6.07, 6.45) is 4.28. The highest BCUT2D eigenvalue weighted by atomic mass is 32.1. The largest absolute Gasteiger partial charge is 0.481 e. The number of carboxylic acids is 1. The molecule has 2 aromatic heterocycles. The minimum Gasteiger partial charge on any atom is -0.481 e. The molecule has 1 fully saturated rings. The molecule has 0 atom stereocenters. The predicted molar refractivity (Wildman–Crippen MR) is 69.9 cm³/mol. The molecule has 0 unspecified atom stereocenters. The van der Waals surface area contributed by atoms with Crippen molar-refractivity contribution in [2.75, 3.05) is 0 Å². The summed E-state index contributed by atoms with van der Waals surface area (Å²) < 4.78 is 5.32. The number of carbonyl (C=O) groups is 1. The second-order valence-electron chi connectivity index (χ2n) is 5.10. The number of aromatic nitrogens is 6. The Kier molecular flexibility index (Phi) is 3.43. The number of rotatable bonds is 4. The minimum atomic E-state index is -0.772. The van der Waals surface area contributed by atoms with Crippen LogP contribution in [0.5, 0.6) is 0 Å². The number of aliphatic carboxylic acids is 1. The zero-order valence-electron chi connectivity index (χ0n) is 10.8. The second-order valence-corrected chi connectivity index (χ2v) is 5.71. The van der Waals surface area contributed by atoms with Gasteiger partial charge >= 0.3 is 5.97 Å². The van der Waals surface area contributed by atoms with E-state index in [4.69, 9.17) is 0 Å². The summed E-state index contributed by atoms with van der Waals surface area (Å²) in [6.45, 7) is 0.280. The van der Waals surface area contributed by atoms with Crippen molar-refractivity contribution in [3.8, 4) is 11.5 Å². The number of carboxylic acid groups (broad SMARTS) is 1. The fourth-order valence-corrected chi connectivity index (χ4v) is 3.15. The maximum atomic E-state index is 11.7. The molecule has 106 valence electrons. The zero-order valence-corrected chi connectivity index (χ0v) is 11.6. The van der Waals surface area contributed by atoms with Gasteiger partial charge in [0.05, 0.1) is 12.0 Å². The Morgan fingerprint density at radius 1 is 1.35 bits per heavy atom. The lowest BCUT2D eigenvalue weighted by molar-refractivity contribution is -0.152. The lowest BCUT2D eigenvalue weighted by Crippen LogP contribution is -2.38. The molecule has 0 amide bonds. The summed E-state index contributed by atoms with van der Waals surface area (Å²) in [5.41, 5.74) is -0.192. The van der Waals surface area contributed by atoms with Crippen LogP contribution in [0.15, 0.2) is 5.38 Å². The second kappa shape index (κ2) is 5.23. The maximum Gasteiger partial charge on any atom is 0.311 e. The van der Waals surface area contributed by atoms with Crippen LogP contribution in [0, 0.1) is 5.41 Å². The molecular weight excluding hydrogens is 280 g/mol. The molecule has 1 aliphatic carbocycles. The third kappa shape index (κ3) is 2.28. The molecule has 0 bridgehead atoms. The van der Waals surface area contributed by atoms with E-state index in [0.29, 0.717) is 24.4 Å². The van der Waals surface area contributed by atoms with Crippen molar-refractivity contribution in [2.45, 2.75) is 38.6 Å². The van der Waals surface area contributed by atoms with Gasteiger partial charge in [-0.3, -0.25) is 4.79 Å². The molecule has 20 heavy (non-hydrogen) atoms. The van der Waals surface area contributed by atoms with Crippen LogP contribution in [-0.4, -0.2) is 40.9 Å². The third-order valence-corrected chi connectivity index (χ3v) is 4.34. The van der Waals surface area contributed by atoms with E-state index < -0.39 is 11.4 Å². The molecule has 8 nitrogen and oxygen atoms in total. The van der Waals surface area contributed by atoms with Gasteiger partial charge in [0.2, 0.25) is 5.82 Å². The summed E-state index contributed by atoms with van der Waals surface area (Å²) in [5, 5.41) is 26.8. The van der Waals surface area contributed by atoms with E-state index in [2.05, 4.69) is 25.1 Å². The molecule has 0 spiro atoms. The van der Waals surface area contributed by atoms with Crippen LogP contribution in [-0.2, 0) is 11.3 Å². The van der Waals surface area contributed by atoms with Crippen molar-refractivity contribution in [3.63, 3.8) is 0 Å². The molecule has 2 heterocycles. The van der Waals surface area contributed by atoms with Gasteiger partial charge in [-0.15, -0.1) is 10.2 Å². The van der Waals surface area contributed by atoms with Crippen LogP contribution in [0.3, 0.4) is 0 Å². The monoisotopic (exact) mass is 294 g/mol. The van der Waals surface area contributed by atoms with E-state index in [1.807, 2.05) is 0 Å². The Morgan fingerprint density at radius 3 is 2.80 bits per heavy atom. The van der Waals surface area contributed by atoms with Gasteiger partial charge in [0, 0.05) is 5.38 Å². The van der Waals surface area contributed by atoms with Crippen LogP contribution in [0.2, 0.25) is 0 Å². The van der Waals surface area contributed by atoms with Crippen molar-refractivity contribution >= 4 is 17.5 Å². The highest BCUT2D eigenvalue weighted by Gasteiger charge is 2.41. The van der Waals surface area contributed by atoms with E-state index in [1.165, 1.54) is 16.2 Å². The standard InChI is InChI=1S/C11H14N6O2S/c18-10(19)11(4-2-1-3-5-11)7-17-9(13-14-15-17)8-6-20-16-12-8/h6H,1-5,7H2,(H,18,19). The van der Waals surface area contributed by atoms with Crippen molar-refractivity contribution < 1.29 is 9.90 Å². The van der Waals surface area contributed by atoms with Gasteiger partial charge in [-0.2, -0.15) is 0 Å². The van der Waals surface area contributed by atoms with Crippen molar-refractivity contribution in [1.29, 1.82) is 0 Å². The Hall–Kier alpha value is -1.90. The lowest BCUT2D eigenvalue weighted by Gasteiger charge is -2.32. The summed E-state index contributed by atoms with van der Waals surface area (Å²) in [6, 6.07) is 0. The highest BCUT2D eigenvalue weighted by molar-refractivity contribution is 7.03. The predicted octanol–water partition coefficient (Wildman–Crippen LogP) is 1.23. The fourth-order valence-electron chi connectivity index (χ4n) is 2.71. The van der Waals surface area contributed by atoms with E-state index in [-0.39, 0.29) is 6.54 Å². The van der Waals surface area contributed by atoms with E-state index in [9.17, 15) is 9.90 Å². The molecule has 1 aliphatic rings. The first-order chi connectivity index (χ1) is 9.71. The quantitative estimate of drug-likeness (QED) is 0.903. The lowest BCUT2D eigenvalue weighted by atomic mass is 9.74. The topological polar surface area (TPSA) is 107 Å². The average Bonchev–Trinajstić information content (AvgIpc) is 3.10. The van der Waals surface area contributed by atoms with Crippen molar-refractivity contribution in [3.05, 3.63) is 5.38 Å². The van der Waals surface area contributed by atoms with Crippen molar-refractivity contribution in [1.82, 2.24) is 29.8 Å². The molecule has 2 aromatic rings. The smallest absolute Gasteiger partial charge is 0.311 e. The molecule has 0 saturated heterocycles.